The molecular formula is C6H12Cl2N2S. The molecule has 0 atom stereocenters. The predicted molar refractivity (Wildman–Crippen MR) is 55.1 cm³/mol. The van der Waals surface area contributed by atoms with Crippen LogP contribution in [0.4, 0.5) is 5.13 Å². The van der Waals surface area contributed by atoms with E-state index in [1.165, 1.54) is 11.3 Å². The van der Waals surface area contributed by atoms with E-state index in [0.717, 1.165) is 5.69 Å². The summed E-state index contributed by atoms with van der Waals surface area (Å²) in [5.74, 6) is 0.499. The zero-order valence-corrected chi connectivity index (χ0v) is 8.85. The van der Waals surface area contributed by atoms with E-state index >= 15 is 0 Å². The van der Waals surface area contributed by atoms with Crippen LogP contribution in [0.2, 0.25) is 0 Å². The fourth-order valence-electron chi connectivity index (χ4n) is 0.566. The Kier molecular flexibility index (Phi) is 6.96. The van der Waals surface area contributed by atoms with Crippen molar-refractivity contribution in [3.8, 4) is 0 Å². The third-order valence-corrected chi connectivity index (χ3v) is 1.82. The van der Waals surface area contributed by atoms with E-state index < -0.39 is 0 Å². The van der Waals surface area contributed by atoms with Gasteiger partial charge in [-0.3, -0.25) is 0 Å². The minimum absolute atomic E-state index is 0. The van der Waals surface area contributed by atoms with Gasteiger partial charge in [-0.25, -0.2) is 4.98 Å². The number of hydrogen-bond donors (Lipinski definition) is 1. The van der Waals surface area contributed by atoms with Crippen molar-refractivity contribution < 1.29 is 0 Å². The summed E-state index contributed by atoms with van der Waals surface area (Å²) in [5, 5.41) is 2.67. The van der Waals surface area contributed by atoms with Gasteiger partial charge < -0.3 is 5.73 Å². The van der Waals surface area contributed by atoms with Crippen LogP contribution in [-0.4, -0.2) is 4.98 Å². The molecule has 0 radical (unpaired) electrons. The molecule has 0 unspecified atom stereocenters. The third-order valence-electron chi connectivity index (χ3n) is 1.13. The Morgan fingerprint density at radius 2 is 2.00 bits per heavy atom. The summed E-state index contributed by atoms with van der Waals surface area (Å²) in [4.78, 5) is 4.11. The summed E-state index contributed by atoms with van der Waals surface area (Å²) >= 11 is 1.50. The molecule has 0 spiro atoms. The smallest absolute Gasteiger partial charge is 0.180 e. The Morgan fingerprint density at radius 1 is 1.45 bits per heavy atom. The summed E-state index contributed by atoms with van der Waals surface area (Å²) < 4.78 is 0. The normalized spacial score (nSPS) is 8.64. The van der Waals surface area contributed by atoms with Gasteiger partial charge in [0, 0.05) is 5.38 Å². The number of halogens is 2. The summed E-state index contributed by atoms with van der Waals surface area (Å²) in [6, 6.07) is 0. The fraction of sp³-hybridized carbons (Fsp3) is 0.500. The highest BCUT2D eigenvalue weighted by molar-refractivity contribution is 7.13. The van der Waals surface area contributed by atoms with Gasteiger partial charge in [-0.15, -0.1) is 36.2 Å². The SMILES string of the molecule is CC(C)c1csc(N)n1.Cl.Cl. The standard InChI is InChI=1S/C6H10N2S.2ClH/c1-4(2)5-3-9-6(7)8-5;;/h3-4H,1-2H3,(H2,7,8);2*1H. The number of rotatable bonds is 1. The first-order chi connectivity index (χ1) is 4.20. The van der Waals surface area contributed by atoms with Crippen molar-refractivity contribution in [2.45, 2.75) is 19.8 Å². The molecule has 0 amide bonds. The molecule has 0 aliphatic rings. The number of nitrogens with zero attached hydrogens (tertiary/aromatic N) is 1. The number of thiazole rings is 1. The highest BCUT2D eigenvalue weighted by Gasteiger charge is 2.01. The minimum atomic E-state index is 0. The molecule has 0 aliphatic carbocycles. The van der Waals surface area contributed by atoms with Crippen molar-refractivity contribution in [3.63, 3.8) is 0 Å². The van der Waals surface area contributed by atoms with Crippen molar-refractivity contribution in [3.05, 3.63) is 11.1 Å². The molecule has 1 heterocycles. The topological polar surface area (TPSA) is 38.9 Å². The lowest BCUT2D eigenvalue weighted by Gasteiger charge is -1.94. The van der Waals surface area contributed by atoms with Crippen molar-refractivity contribution in [2.24, 2.45) is 0 Å². The van der Waals surface area contributed by atoms with Gasteiger partial charge in [-0.05, 0) is 5.92 Å². The molecule has 1 aromatic heterocycles. The Labute approximate surface area is 83.0 Å². The number of anilines is 1. The number of nitrogens with two attached hydrogens (primary N) is 1. The van der Waals surface area contributed by atoms with Gasteiger partial charge in [-0.2, -0.15) is 0 Å². The van der Waals surface area contributed by atoms with E-state index in [9.17, 15) is 0 Å². The monoisotopic (exact) mass is 214 g/mol. The lowest BCUT2D eigenvalue weighted by molar-refractivity contribution is 0.834. The van der Waals surface area contributed by atoms with Gasteiger partial charge in [0.25, 0.3) is 0 Å². The molecule has 1 aromatic rings. The molecule has 2 nitrogen and oxygen atoms in total. The van der Waals surface area contributed by atoms with Crippen LogP contribution in [0.15, 0.2) is 5.38 Å². The molecule has 0 saturated heterocycles. The first kappa shape index (κ1) is 13.6. The Morgan fingerprint density at radius 3 is 2.18 bits per heavy atom. The Hall–Kier alpha value is 0.01000. The van der Waals surface area contributed by atoms with E-state index in [0.29, 0.717) is 11.0 Å². The minimum Gasteiger partial charge on any atom is -0.375 e. The second kappa shape index (κ2) is 5.63. The third kappa shape index (κ3) is 3.79. The van der Waals surface area contributed by atoms with Gasteiger partial charge in [-0.1, -0.05) is 13.8 Å². The van der Waals surface area contributed by atoms with Gasteiger partial charge in [0.2, 0.25) is 0 Å². The Balaban J connectivity index is 0. The molecular weight excluding hydrogens is 203 g/mol. The van der Waals surface area contributed by atoms with Crippen LogP contribution in [0.1, 0.15) is 25.5 Å². The van der Waals surface area contributed by atoms with Gasteiger partial charge in [0.15, 0.2) is 5.13 Å². The molecule has 0 aromatic carbocycles. The lowest BCUT2D eigenvalue weighted by Crippen LogP contribution is -1.88. The quantitative estimate of drug-likeness (QED) is 0.782. The average molecular weight is 215 g/mol. The van der Waals surface area contributed by atoms with E-state index in [1.54, 1.807) is 0 Å². The first-order valence-corrected chi connectivity index (χ1v) is 3.79. The van der Waals surface area contributed by atoms with Gasteiger partial charge >= 0.3 is 0 Å². The van der Waals surface area contributed by atoms with Crippen molar-refractivity contribution in [1.29, 1.82) is 0 Å². The maximum atomic E-state index is 5.42. The van der Waals surface area contributed by atoms with Crippen LogP contribution < -0.4 is 5.73 Å². The zero-order chi connectivity index (χ0) is 6.85. The summed E-state index contributed by atoms with van der Waals surface area (Å²) in [5.41, 5.74) is 6.52. The number of nitrogen functional groups attached to an aromatic ring is 1. The fourth-order valence-corrected chi connectivity index (χ4v) is 1.29. The van der Waals surface area contributed by atoms with E-state index in [2.05, 4.69) is 18.8 Å². The average Bonchev–Trinajstić information content (AvgIpc) is 2.14. The number of hydrogen-bond acceptors (Lipinski definition) is 3. The van der Waals surface area contributed by atoms with Crippen LogP contribution in [0.3, 0.4) is 0 Å². The van der Waals surface area contributed by atoms with E-state index in [4.69, 9.17) is 5.73 Å². The highest BCUT2D eigenvalue weighted by atomic mass is 35.5. The van der Waals surface area contributed by atoms with Crippen LogP contribution in [0.25, 0.3) is 0 Å². The number of aromatic nitrogens is 1. The molecule has 0 fully saturated rings. The molecule has 2 N–H and O–H groups in total. The molecule has 0 saturated carbocycles. The largest absolute Gasteiger partial charge is 0.375 e. The summed E-state index contributed by atoms with van der Waals surface area (Å²) in [6.07, 6.45) is 0. The summed E-state index contributed by atoms with van der Waals surface area (Å²) in [7, 11) is 0. The van der Waals surface area contributed by atoms with Gasteiger partial charge in [0.1, 0.15) is 0 Å². The molecule has 0 bridgehead atoms. The molecule has 11 heavy (non-hydrogen) atoms. The highest BCUT2D eigenvalue weighted by Crippen LogP contribution is 2.18. The molecule has 5 heteroatoms. The van der Waals surface area contributed by atoms with Crippen molar-refractivity contribution in [1.82, 2.24) is 4.98 Å². The van der Waals surface area contributed by atoms with Crippen molar-refractivity contribution in [2.75, 3.05) is 5.73 Å². The Bertz CT molecular complexity index is 200. The predicted octanol–water partition coefficient (Wildman–Crippen LogP) is 2.69. The summed E-state index contributed by atoms with van der Waals surface area (Å²) in [6.45, 7) is 4.21. The van der Waals surface area contributed by atoms with Crippen LogP contribution in [0.5, 0.6) is 0 Å². The zero-order valence-electron chi connectivity index (χ0n) is 6.40. The van der Waals surface area contributed by atoms with Crippen molar-refractivity contribution >= 4 is 41.3 Å². The lowest BCUT2D eigenvalue weighted by atomic mass is 10.2. The van der Waals surface area contributed by atoms with Gasteiger partial charge in [0.05, 0.1) is 5.69 Å². The maximum absolute atomic E-state index is 5.42. The molecule has 1 rings (SSSR count). The van der Waals surface area contributed by atoms with Crippen LogP contribution in [0, 0.1) is 0 Å². The second-order valence-corrected chi connectivity index (χ2v) is 3.15. The first-order valence-electron chi connectivity index (χ1n) is 2.91. The van der Waals surface area contributed by atoms with E-state index in [-0.39, 0.29) is 24.8 Å². The molecule has 66 valence electrons. The maximum Gasteiger partial charge on any atom is 0.180 e. The second-order valence-electron chi connectivity index (χ2n) is 2.27. The van der Waals surface area contributed by atoms with E-state index in [1.807, 2.05) is 5.38 Å². The van der Waals surface area contributed by atoms with Crippen LogP contribution in [-0.2, 0) is 0 Å². The molecule has 0 aliphatic heterocycles. The van der Waals surface area contributed by atoms with Crippen LogP contribution >= 0.6 is 36.2 Å².